The molecule has 0 amide bonds. The zero-order valence-electron chi connectivity index (χ0n) is 11.8. The fraction of sp³-hybridized carbons (Fsp3) is 0.923. The molecule has 0 radical (unpaired) electrons. The van der Waals surface area contributed by atoms with E-state index in [1.165, 1.54) is 7.11 Å². The smallest absolute Gasteiger partial charge is 0.323 e. The molecule has 1 heterocycles. The van der Waals surface area contributed by atoms with Gasteiger partial charge in [0, 0.05) is 6.29 Å². The van der Waals surface area contributed by atoms with E-state index in [-0.39, 0.29) is 19.9 Å². The molecule has 0 aromatic rings. The van der Waals surface area contributed by atoms with Crippen molar-refractivity contribution in [3.8, 4) is 0 Å². The van der Waals surface area contributed by atoms with E-state index in [1.807, 2.05) is 0 Å². The average molecular weight is 259 g/mol. The highest BCUT2D eigenvalue weighted by Crippen LogP contribution is 2.47. The summed E-state index contributed by atoms with van der Waals surface area (Å²) in [5, 5.41) is 0. The van der Waals surface area contributed by atoms with Crippen LogP contribution < -0.4 is 0 Å². The van der Waals surface area contributed by atoms with Crippen LogP contribution in [0.25, 0.3) is 0 Å². The predicted molar refractivity (Wildman–Crippen MR) is 73.8 cm³/mol. The van der Waals surface area contributed by atoms with Crippen LogP contribution in [0.5, 0.6) is 0 Å². The van der Waals surface area contributed by atoms with Crippen molar-refractivity contribution in [1.82, 2.24) is 4.90 Å². The van der Waals surface area contributed by atoms with Crippen molar-refractivity contribution in [3.05, 3.63) is 0 Å². The molecule has 1 saturated heterocycles. The summed E-state index contributed by atoms with van der Waals surface area (Å²) in [6, 6.07) is 0.0162. The number of nitrogens with zero attached hydrogens (tertiary/aromatic N) is 1. The van der Waals surface area contributed by atoms with Crippen molar-refractivity contribution >= 4 is 13.9 Å². The topological polar surface area (TPSA) is 29.5 Å². The predicted octanol–water partition coefficient (Wildman–Crippen LogP) is 2.88. The molecule has 1 unspecified atom stereocenters. The number of methoxy groups -OCH3 is 1. The van der Waals surface area contributed by atoms with Crippen LogP contribution in [0.3, 0.4) is 0 Å². The Labute approximate surface area is 107 Å². The molecule has 0 saturated carbocycles. The third-order valence-electron chi connectivity index (χ3n) is 3.51. The number of likely N-dealkylation sites (tertiary alicyclic amines) is 1. The normalized spacial score (nSPS) is 21.8. The van der Waals surface area contributed by atoms with Crippen LogP contribution >= 0.6 is 7.92 Å². The molecule has 17 heavy (non-hydrogen) atoms. The van der Waals surface area contributed by atoms with Gasteiger partial charge in [-0.15, -0.1) is 0 Å². The molecule has 4 heteroatoms. The van der Waals surface area contributed by atoms with Gasteiger partial charge >= 0.3 is 5.97 Å². The maximum atomic E-state index is 11.7. The summed E-state index contributed by atoms with van der Waals surface area (Å²) < 4.78 is 4.89. The Hall–Kier alpha value is -0.140. The van der Waals surface area contributed by atoms with Crippen LogP contribution in [-0.4, -0.2) is 48.2 Å². The summed E-state index contributed by atoms with van der Waals surface area (Å²) in [5.74, 6) is -0.0510. The second kappa shape index (κ2) is 6.70. The minimum absolute atomic E-state index is 0.0162. The van der Waals surface area contributed by atoms with Gasteiger partial charge in [0.15, 0.2) is 0 Å². The largest absolute Gasteiger partial charge is 0.468 e. The summed E-state index contributed by atoms with van der Waals surface area (Å²) in [6.07, 6.45) is 3.18. The molecule has 0 aromatic carbocycles. The fourth-order valence-corrected chi connectivity index (χ4v) is 5.13. The Bertz CT molecular complexity index is 248. The zero-order chi connectivity index (χ0) is 13.0. The van der Waals surface area contributed by atoms with Crippen molar-refractivity contribution in [2.75, 3.05) is 19.9 Å². The maximum Gasteiger partial charge on any atom is 0.323 e. The number of esters is 1. The van der Waals surface area contributed by atoms with Gasteiger partial charge in [0.2, 0.25) is 0 Å². The first-order valence-corrected chi connectivity index (χ1v) is 8.21. The van der Waals surface area contributed by atoms with Crippen LogP contribution in [0, 0.1) is 0 Å². The van der Waals surface area contributed by atoms with E-state index in [0.717, 1.165) is 37.0 Å². The Morgan fingerprint density at radius 2 is 1.94 bits per heavy atom. The Morgan fingerprint density at radius 1 is 1.35 bits per heavy atom. The SMILES string of the molecule is COC(=O)C1CCCN1CP(C(C)C)C(C)C. The van der Waals surface area contributed by atoms with Crippen LogP contribution in [-0.2, 0) is 9.53 Å². The molecule has 1 rings (SSSR count). The monoisotopic (exact) mass is 259 g/mol. The van der Waals surface area contributed by atoms with E-state index in [9.17, 15) is 4.79 Å². The zero-order valence-corrected chi connectivity index (χ0v) is 12.7. The van der Waals surface area contributed by atoms with E-state index in [4.69, 9.17) is 4.74 Å². The summed E-state index contributed by atoms with van der Waals surface area (Å²) >= 11 is 0. The highest BCUT2D eigenvalue weighted by Gasteiger charge is 2.33. The highest BCUT2D eigenvalue weighted by atomic mass is 31.1. The lowest BCUT2D eigenvalue weighted by atomic mass is 10.2. The Morgan fingerprint density at radius 3 is 2.41 bits per heavy atom. The second-order valence-corrected chi connectivity index (χ2v) is 8.71. The maximum absolute atomic E-state index is 11.7. The molecule has 0 aliphatic carbocycles. The lowest BCUT2D eigenvalue weighted by Gasteiger charge is -2.32. The van der Waals surface area contributed by atoms with Crippen molar-refractivity contribution in [1.29, 1.82) is 0 Å². The molecule has 0 spiro atoms. The molecular weight excluding hydrogens is 233 g/mol. The molecule has 0 aromatic heterocycles. The molecule has 0 N–H and O–H groups in total. The Balaban J connectivity index is 2.62. The third-order valence-corrected chi connectivity index (χ3v) is 6.85. The number of hydrogen-bond donors (Lipinski definition) is 0. The third kappa shape index (κ3) is 3.93. The number of carbonyl (C=O) groups is 1. The number of hydrogen-bond acceptors (Lipinski definition) is 3. The standard InChI is InChI=1S/C13H26NO2P/c1-10(2)17(11(3)4)9-14-8-6-7-12(14)13(15)16-5/h10-12H,6-9H2,1-5H3. The van der Waals surface area contributed by atoms with Gasteiger partial charge in [-0.05, 0) is 30.7 Å². The Kier molecular flexibility index (Phi) is 5.88. The van der Waals surface area contributed by atoms with Gasteiger partial charge in [-0.1, -0.05) is 35.6 Å². The molecule has 100 valence electrons. The van der Waals surface area contributed by atoms with Crippen molar-refractivity contribution in [2.24, 2.45) is 0 Å². The molecule has 3 nitrogen and oxygen atoms in total. The lowest BCUT2D eigenvalue weighted by molar-refractivity contribution is -0.145. The van der Waals surface area contributed by atoms with E-state index in [0.29, 0.717) is 0 Å². The van der Waals surface area contributed by atoms with E-state index < -0.39 is 0 Å². The summed E-state index contributed by atoms with van der Waals surface area (Å²) in [5.41, 5.74) is 1.45. The van der Waals surface area contributed by atoms with E-state index in [2.05, 4.69) is 32.6 Å². The van der Waals surface area contributed by atoms with Crippen LogP contribution in [0.4, 0.5) is 0 Å². The summed E-state index contributed by atoms with van der Waals surface area (Å²) in [7, 11) is 1.46. The first-order valence-electron chi connectivity index (χ1n) is 6.55. The lowest BCUT2D eigenvalue weighted by Crippen LogP contribution is -2.38. The minimum Gasteiger partial charge on any atom is -0.468 e. The number of rotatable bonds is 5. The van der Waals surface area contributed by atoms with Gasteiger partial charge < -0.3 is 4.74 Å². The average Bonchev–Trinajstić information content (AvgIpc) is 2.71. The fourth-order valence-electron chi connectivity index (χ4n) is 2.53. The highest BCUT2D eigenvalue weighted by molar-refractivity contribution is 7.58. The van der Waals surface area contributed by atoms with E-state index >= 15 is 0 Å². The first kappa shape index (κ1) is 14.9. The van der Waals surface area contributed by atoms with Gasteiger partial charge in [0.1, 0.15) is 6.04 Å². The molecule has 1 aliphatic heterocycles. The summed E-state index contributed by atoms with van der Waals surface area (Å²) in [4.78, 5) is 14.0. The van der Waals surface area contributed by atoms with Gasteiger partial charge in [-0.2, -0.15) is 0 Å². The molecule has 0 bridgehead atoms. The van der Waals surface area contributed by atoms with Crippen LogP contribution in [0.15, 0.2) is 0 Å². The van der Waals surface area contributed by atoms with E-state index in [1.54, 1.807) is 0 Å². The van der Waals surface area contributed by atoms with Crippen molar-refractivity contribution in [3.63, 3.8) is 0 Å². The molecular formula is C13H26NO2P. The van der Waals surface area contributed by atoms with Gasteiger partial charge in [0.25, 0.3) is 0 Å². The van der Waals surface area contributed by atoms with Gasteiger partial charge in [-0.3, -0.25) is 9.69 Å². The summed E-state index contributed by atoms with van der Waals surface area (Å²) in [6.45, 7) is 10.3. The minimum atomic E-state index is -0.0510. The molecule has 1 atom stereocenters. The van der Waals surface area contributed by atoms with Gasteiger partial charge in [0.05, 0.1) is 7.11 Å². The van der Waals surface area contributed by atoms with Crippen molar-refractivity contribution in [2.45, 2.75) is 57.9 Å². The number of carbonyl (C=O) groups excluding carboxylic acids is 1. The molecule has 1 fully saturated rings. The van der Waals surface area contributed by atoms with Gasteiger partial charge in [-0.25, -0.2) is 0 Å². The molecule has 1 aliphatic rings. The number of ether oxygens (including phenoxy) is 1. The van der Waals surface area contributed by atoms with Crippen LogP contribution in [0.1, 0.15) is 40.5 Å². The second-order valence-electron chi connectivity index (χ2n) is 5.34. The first-order chi connectivity index (χ1) is 7.97. The quantitative estimate of drug-likeness (QED) is 0.561. The van der Waals surface area contributed by atoms with Crippen molar-refractivity contribution < 1.29 is 9.53 Å². The van der Waals surface area contributed by atoms with Crippen LogP contribution in [0.2, 0.25) is 0 Å².